The summed E-state index contributed by atoms with van der Waals surface area (Å²) in [4.78, 5) is 30.5. The second-order valence-corrected chi connectivity index (χ2v) is 5.81. The van der Waals surface area contributed by atoms with Gasteiger partial charge in [-0.2, -0.15) is 0 Å². The van der Waals surface area contributed by atoms with Gasteiger partial charge < -0.3 is 10.1 Å². The third-order valence-electron chi connectivity index (χ3n) is 3.01. The smallest absolute Gasteiger partial charge is 0.358 e. The molecule has 0 fully saturated rings. The van der Waals surface area contributed by atoms with Crippen molar-refractivity contribution in [3.8, 4) is 0 Å². The van der Waals surface area contributed by atoms with Crippen LogP contribution >= 0.6 is 22.6 Å². The Morgan fingerprint density at radius 1 is 1.48 bits per heavy atom. The fourth-order valence-corrected chi connectivity index (χ4v) is 2.39. The molecule has 2 aromatic rings. The summed E-state index contributed by atoms with van der Waals surface area (Å²) in [7, 11) is 1.24. The van der Waals surface area contributed by atoms with Gasteiger partial charge in [-0.15, -0.1) is 0 Å². The molecular weight excluding hydrogens is 416 g/mol. The van der Waals surface area contributed by atoms with Crippen molar-refractivity contribution < 1.29 is 18.7 Å². The minimum Gasteiger partial charge on any atom is -0.464 e. The minimum atomic E-state index is -0.645. The number of esters is 1. The summed E-state index contributed by atoms with van der Waals surface area (Å²) in [6.07, 6.45) is 2.00. The van der Waals surface area contributed by atoms with E-state index in [0.29, 0.717) is 23.4 Å². The second kappa shape index (κ2) is 7.95. The van der Waals surface area contributed by atoms with E-state index < -0.39 is 5.97 Å². The largest absolute Gasteiger partial charge is 0.464 e. The van der Waals surface area contributed by atoms with Gasteiger partial charge in [0.15, 0.2) is 5.69 Å². The molecular formula is C15H13FIN3O3. The molecule has 0 atom stereocenters. The quantitative estimate of drug-likeness (QED) is 0.431. The summed E-state index contributed by atoms with van der Waals surface area (Å²) < 4.78 is 19.5. The van der Waals surface area contributed by atoms with E-state index in [1.165, 1.54) is 19.4 Å². The number of hydrogen-bond acceptors (Lipinski definition) is 5. The van der Waals surface area contributed by atoms with Gasteiger partial charge in [-0.1, -0.05) is 6.07 Å². The summed E-state index contributed by atoms with van der Waals surface area (Å²) >= 11 is 2.01. The molecule has 2 rings (SSSR count). The first-order valence-corrected chi connectivity index (χ1v) is 7.67. The van der Waals surface area contributed by atoms with Crippen LogP contribution in [-0.4, -0.2) is 29.5 Å². The van der Waals surface area contributed by atoms with Crippen molar-refractivity contribution in [2.24, 2.45) is 0 Å². The number of carbonyl (C=O) groups is 2. The van der Waals surface area contributed by atoms with E-state index in [0.717, 1.165) is 3.57 Å². The first-order chi connectivity index (χ1) is 11.0. The Bertz CT molecular complexity index is 740. The number of aromatic nitrogens is 2. The molecule has 1 aromatic heterocycles. The lowest BCUT2D eigenvalue weighted by Gasteiger charge is -2.09. The number of rotatable bonds is 6. The number of methoxy groups -OCH3 is 1. The Hall–Kier alpha value is -2.10. The summed E-state index contributed by atoms with van der Waals surface area (Å²) in [5, 5.41) is 2.46. The maximum absolute atomic E-state index is 14.0. The molecule has 6 nitrogen and oxygen atoms in total. The van der Waals surface area contributed by atoms with Crippen molar-refractivity contribution in [2.45, 2.75) is 13.0 Å². The van der Waals surface area contributed by atoms with Crippen LogP contribution in [0, 0.1) is 9.39 Å². The van der Waals surface area contributed by atoms with Crippen molar-refractivity contribution in [3.05, 3.63) is 56.4 Å². The summed E-state index contributed by atoms with van der Waals surface area (Å²) in [5.74, 6) is -1.03. The van der Waals surface area contributed by atoms with Crippen LogP contribution in [0.1, 0.15) is 27.4 Å². The average Bonchev–Trinajstić information content (AvgIpc) is 2.55. The predicted molar refractivity (Wildman–Crippen MR) is 88.2 cm³/mol. The number of nitrogens with one attached hydrogen (secondary N) is 1. The van der Waals surface area contributed by atoms with Crippen LogP contribution < -0.4 is 5.32 Å². The maximum atomic E-state index is 14.0. The third kappa shape index (κ3) is 4.44. The topological polar surface area (TPSA) is 81.2 Å². The van der Waals surface area contributed by atoms with Gasteiger partial charge in [0, 0.05) is 9.99 Å². The van der Waals surface area contributed by atoms with Gasteiger partial charge in [0.2, 0.25) is 6.41 Å². The van der Waals surface area contributed by atoms with Crippen molar-refractivity contribution in [2.75, 3.05) is 7.11 Å². The minimum absolute atomic E-state index is 0.0281. The van der Waals surface area contributed by atoms with E-state index in [9.17, 15) is 14.0 Å². The van der Waals surface area contributed by atoms with Crippen molar-refractivity contribution in [1.82, 2.24) is 15.3 Å². The van der Waals surface area contributed by atoms with Gasteiger partial charge in [-0.05, 0) is 40.3 Å². The Morgan fingerprint density at radius 3 is 2.91 bits per heavy atom. The van der Waals surface area contributed by atoms with Crippen molar-refractivity contribution in [3.63, 3.8) is 0 Å². The molecule has 0 unspecified atom stereocenters. The van der Waals surface area contributed by atoms with E-state index in [2.05, 4.69) is 20.0 Å². The summed E-state index contributed by atoms with van der Waals surface area (Å²) in [6.45, 7) is 0.167. The molecule has 1 aromatic carbocycles. The molecule has 1 heterocycles. The highest BCUT2D eigenvalue weighted by Crippen LogP contribution is 2.17. The Kier molecular flexibility index (Phi) is 5.97. The van der Waals surface area contributed by atoms with E-state index in [-0.39, 0.29) is 24.5 Å². The number of carbonyl (C=O) groups excluding carboxylic acids is 2. The zero-order valence-electron chi connectivity index (χ0n) is 12.2. The zero-order chi connectivity index (χ0) is 16.8. The lowest BCUT2D eigenvalue weighted by Crippen LogP contribution is -2.16. The lowest BCUT2D eigenvalue weighted by molar-refractivity contribution is -0.109. The molecule has 8 heteroatoms. The highest BCUT2D eigenvalue weighted by molar-refractivity contribution is 14.1. The van der Waals surface area contributed by atoms with Gasteiger partial charge in [-0.3, -0.25) is 9.78 Å². The van der Waals surface area contributed by atoms with Crippen LogP contribution in [0.3, 0.4) is 0 Å². The predicted octanol–water partition coefficient (Wildman–Crippen LogP) is 1.84. The summed E-state index contributed by atoms with van der Waals surface area (Å²) in [6, 6.07) is 4.80. The molecule has 1 amide bonds. The lowest BCUT2D eigenvalue weighted by atomic mass is 10.1. The first-order valence-electron chi connectivity index (χ1n) is 6.59. The molecule has 0 spiro atoms. The molecule has 120 valence electrons. The Balaban J connectivity index is 2.39. The van der Waals surface area contributed by atoms with Gasteiger partial charge in [0.25, 0.3) is 0 Å². The number of amides is 1. The van der Waals surface area contributed by atoms with Crippen molar-refractivity contribution in [1.29, 1.82) is 0 Å². The third-order valence-corrected chi connectivity index (χ3v) is 3.68. The molecule has 0 saturated heterocycles. The highest BCUT2D eigenvalue weighted by Gasteiger charge is 2.18. The number of nitrogens with zero attached hydrogens (tertiary/aromatic N) is 2. The number of benzene rings is 1. The molecule has 23 heavy (non-hydrogen) atoms. The number of ether oxygens (including phenoxy) is 1. The monoisotopic (exact) mass is 429 g/mol. The molecule has 1 N–H and O–H groups in total. The molecule has 0 bridgehead atoms. The number of halogens is 2. The maximum Gasteiger partial charge on any atom is 0.358 e. The molecule has 0 saturated carbocycles. The van der Waals surface area contributed by atoms with Crippen LogP contribution in [-0.2, 0) is 22.5 Å². The van der Waals surface area contributed by atoms with E-state index in [1.54, 1.807) is 12.1 Å². The molecule has 0 aliphatic carbocycles. The SMILES string of the molecule is COC(=O)c1ncc(CNC=O)nc1Cc1ccc(I)cc1F. The van der Waals surface area contributed by atoms with Gasteiger partial charge in [-0.25, -0.2) is 14.2 Å². The fourth-order valence-electron chi connectivity index (χ4n) is 1.94. The van der Waals surface area contributed by atoms with Crippen LogP contribution in [0.5, 0.6) is 0 Å². The molecule has 0 aliphatic rings. The van der Waals surface area contributed by atoms with Crippen molar-refractivity contribution >= 4 is 35.0 Å². The first kappa shape index (κ1) is 17.3. The van der Waals surface area contributed by atoms with Crippen LogP contribution in [0.2, 0.25) is 0 Å². The van der Waals surface area contributed by atoms with Crippen LogP contribution in [0.15, 0.2) is 24.4 Å². The Labute approximate surface area is 145 Å². The van der Waals surface area contributed by atoms with E-state index in [1.807, 2.05) is 22.6 Å². The van der Waals surface area contributed by atoms with Gasteiger partial charge in [0.1, 0.15) is 5.82 Å². The van der Waals surface area contributed by atoms with Crippen LogP contribution in [0.4, 0.5) is 4.39 Å². The highest BCUT2D eigenvalue weighted by atomic mass is 127. The molecule has 0 radical (unpaired) electrons. The summed E-state index contributed by atoms with van der Waals surface area (Å²) in [5.41, 5.74) is 1.18. The number of hydrogen-bond donors (Lipinski definition) is 1. The van der Waals surface area contributed by atoms with Gasteiger partial charge in [0.05, 0.1) is 31.2 Å². The fraction of sp³-hybridized carbons (Fsp3) is 0.200. The molecule has 0 aliphatic heterocycles. The van der Waals surface area contributed by atoms with E-state index in [4.69, 9.17) is 0 Å². The standard InChI is InChI=1S/C15H13FIN3O3/c1-23-15(22)14-13(20-11(7-19-14)6-18-8-21)4-9-2-3-10(17)5-12(9)16/h2-3,5,7-8H,4,6H2,1H3,(H,18,21). The zero-order valence-corrected chi connectivity index (χ0v) is 14.3. The Morgan fingerprint density at radius 2 is 2.26 bits per heavy atom. The second-order valence-electron chi connectivity index (χ2n) is 4.56. The average molecular weight is 429 g/mol. The van der Waals surface area contributed by atoms with Crippen LogP contribution in [0.25, 0.3) is 0 Å². The van der Waals surface area contributed by atoms with E-state index >= 15 is 0 Å². The normalized spacial score (nSPS) is 10.2. The van der Waals surface area contributed by atoms with Gasteiger partial charge >= 0.3 is 5.97 Å².